The molecule has 188 valence electrons. The second-order valence-electron chi connectivity index (χ2n) is 8.22. The van der Waals surface area contributed by atoms with E-state index in [0.29, 0.717) is 32.7 Å². The van der Waals surface area contributed by atoms with Crippen LogP contribution in [0.15, 0.2) is 48.5 Å². The van der Waals surface area contributed by atoms with E-state index in [9.17, 15) is 22.8 Å². The number of benzene rings is 2. The Morgan fingerprint density at radius 1 is 1.06 bits per heavy atom. The van der Waals surface area contributed by atoms with Crippen molar-refractivity contribution in [2.24, 2.45) is 0 Å². The standard InChI is InChI=1S/C23H26F3N5O4/c24-23(25,26)35-20-7-6-16(12-18(20)28-21(32)14-31-8-10-34-11-9-31)27-22(33)19-13-17(29-30-19)15-4-2-1-3-5-15/h1-7,12,17,19,29-30H,8-11,13-14H2,(H,27,33)(H,28,32). The van der Waals surface area contributed by atoms with E-state index in [1.54, 1.807) is 0 Å². The van der Waals surface area contributed by atoms with Crippen LogP contribution in [0.3, 0.4) is 0 Å². The van der Waals surface area contributed by atoms with Gasteiger partial charge in [0.15, 0.2) is 5.75 Å². The highest BCUT2D eigenvalue weighted by Crippen LogP contribution is 2.33. The fourth-order valence-corrected chi connectivity index (χ4v) is 3.93. The van der Waals surface area contributed by atoms with Crippen molar-refractivity contribution in [1.29, 1.82) is 0 Å². The van der Waals surface area contributed by atoms with Gasteiger partial charge in [0.25, 0.3) is 0 Å². The number of nitrogens with zero attached hydrogens (tertiary/aromatic N) is 1. The monoisotopic (exact) mass is 493 g/mol. The van der Waals surface area contributed by atoms with E-state index in [0.717, 1.165) is 11.6 Å². The lowest BCUT2D eigenvalue weighted by molar-refractivity contribution is -0.274. The second kappa shape index (κ2) is 11.0. The number of hydrogen-bond acceptors (Lipinski definition) is 7. The third kappa shape index (κ3) is 7.15. The van der Waals surface area contributed by atoms with Crippen molar-refractivity contribution in [3.63, 3.8) is 0 Å². The number of halogens is 3. The van der Waals surface area contributed by atoms with Crippen LogP contribution in [-0.4, -0.2) is 62.0 Å². The van der Waals surface area contributed by atoms with Crippen molar-refractivity contribution in [3.05, 3.63) is 54.1 Å². The largest absolute Gasteiger partial charge is 0.573 e. The third-order valence-electron chi connectivity index (χ3n) is 5.64. The molecule has 2 amide bonds. The van der Waals surface area contributed by atoms with Crippen LogP contribution >= 0.6 is 0 Å². The molecule has 2 heterocycles. The zero-order valence-corrected chi connectivity index (χ0v) is 18.7. The van der Waals surface area contributed by atoms with Gasteiger partial charge in [-0.15, -0.1) is 13.2 Å². The molecule has 0 saturated carbocycles. The molecule has 2 unspecified atom stereocenters. The van der Waals surface area contributed by atoms with Crippen molar-refractivity contribution in [3.8, 4) is 5.75 Å². The van der Waals surface area contributed by atoms with Gasteiger partial charge >= 0.3 is 6.36 Å². The molecule has 2 fully saturated rings. The summed E-state index contributed by atoms with van der Waals surface area (Å²) >= 11 is 0. The second-order valence-corrected chi connectivity index (χ2v) is 8.22. The molecule has 0 radical (unpaired) electrons. The number of hydrogen-bond donors (Lipinski definition) is 4. The van der Waals surface area contributed by atoms with Gasteiger partial charge in [0.05, 0.1) is 25.4 Å². The Hall–Kier alpha value is -3.19. The molecule has 2 aromatic carbocycles. The van der Waals surface area contributed by atoms with E-state index < -0.39 is 24.1 Å². The van der Waals surface area contributed by atoms with Gasteiger partial charge in [0.2, 0.25) is 11.8 Å². The maximum Gasteiger partial charge on any atom is 0.573 e. The first-order valence-corrected chi connectivity index (χ1v) is 11.1. The molecule has 35 heavy (non-hydrogen) atoms. The number of amides is 2. The van der Waals surface area contributed by atoms with E-state index in [1.807, 2.05) is 35.2 Å². The molecular weight excluding hydrogens is 467 g/mol. The molecule has 2 aromatic rings. The summed E-state index contributed by atoms with van der Waals surface area (Å²) in [6.45, 7) is 2.03. The number of carbonyl (C=O) groups excluding carboxylic acids is 2. The van der Waals surface area contributed by atoms with Crippen LogP contribution in [0.1, 0.15) is 18.0 Å². The predicted molar refractivity (Wildman–Crippen MR) is 122 cm³/mol. The quantitative estimate of drug-likeness (QED) is 0.470. The highest BCUT2D eigenvalue weighted by atomic mass is 19.4. The first-order chi connectivity index (χ1) is 16.8. The van der Waals surface area contributed by atoms with E-state index in [2.05, 4.69) is 26.2 Å². The van der Waals surface area contributed by atoms with Crippen molar-refractivity contribution >= 4 is 23.2 Å². The van der Waals surface area contributed by atoms with Crippen molar-refractivity contribution < 1.29 is 32.2 Å². The third-order valence-corrected chi connectivity index (χ3v) is 5.64. The van der Waals surface area contributed by atoms with Crippen molar-refractivity contribution in [2.75, 3.05) is 43.5 Å². The zero-order chi connectivity index (χ0) is 24.8. The fourth-order valence-electron chi connectivity index (χ4n) is 3.93. The topological polar surface area (TPSA) is 104 Å². The number of hydrazine groups is 1. The molecule has 4 N–H and O–H groups in total. The maximum atomic E-state index is 12.9. The molecule has 2 atom stereocenters. The smallest absolute Gasteiger partial charge is 0.404 e. The molecule has 0 spiro atoms. The van der Waals surface area contributed by atoms with Gasteiger partial charge in [-0.3, -0.25) is 14.5 Å². The Kier molecular flexibility index (Phi) is 7.86. The molecule has 12 heteroatoms. The summed E-state index contributed by atoms with van der Waals surface area (Å²) in [6, 6.07) is 12.6. The van der Waals surface area contributed by atoms with E-state index in [-0.39, 0.29) is 29.9 Å². The lowest BCUT2D eigenvalue weighted by Gasteiger charge is -2.26. The Morgan fingerprint density at radius 3 is 2.51 bits per heavy atom. The SMILES string of the molecule is O=C(CN1CCOCC1)Nc1cc(NC(=O)C2CC(c3ccccc3)NN2)ccc1OC(F)(F)F. The summed E-state index contributed by atoms with van der Waals surface area (Å²) in [7, 11) is 0. The first kappa shape index (κ1) is 24.9. The number of nitrogens with one attached hydrogen (secondary N) is 4. The summed E-state index contributed by atoms with van der Waals surface area (Å²) in [6.07, 6.45) is -4.46. The lowest BCUT2D eigenvalue weighted by Crippen LogP contribution is -2.41. The number of ether oxygens (including phenoxy) is 2. The maximum absolute atomic E-state index is 12.9. The van der Waals surface area contributed by atoms with Crippen LogP contribution in [0, 0.1) is 0 Å². The average molecular weight is 493 g/mol. The van der Waals surface area contributed by atoms with Crippen LogP contribution in [0.2, 0.25) is 0 Å². The van der Waals surface area contributed by atoms with E-state index in [4.69, 9.17) is 4.74 Å². The summed E-state index contributed by atoms with van der Waals surface area (Å²) in [5.41, 5.74) is 7.06. The molecule has 4 rings (SSSR count). The van der Waals surface area contributed by atoms with Crippen molar-refractivity contribution in [2.45, 2.75) is 24.9 Å². The Morgan fingerprint density at radius 2 is 1.80 bits per heavy atom. The lowest BCUT2D eigenvalue weighted by atomic mass is 10.0. The summed E-state index contributed by atoms with van der Waals surface area (Å²) in [4.78, 5) is 27.1. The highest BCUT2D eigenvalue weighted by molar-refractivity contribution is 5.98. The van der Waals surface area contributed by atoms with Gasteiger partial charge in [-0.2, -0.15) is 0 Å². The highest BCUT2D eigenvalue weighted by Gasteiger charge is 2.33. The number of rotatable bonds is 7. The molecule has 0 aliphatic carbocycles. The average Bonchev–Trinajstić information content (AvgIpc) is 3.32. The van der Waals surface area contributed by atoms with Crippen LogP contribution < -0.4 is 26.2 Å². The van der Waals surface area contributed by atoms with Gasteiger partial charge in [0.1, 0.15) is 6.04 Å². The van der Waals surface area contributed by atoms with Gasteiger partial charge < -0.3 is 20.1 Å². The molecule has 0 aromatic heterocycles. The Bertz CT molecular complexity index is 1030. The fraction of sp³-hybridized carbons (Fsp3) is 0.391. The molecule has 2 aliphatic heterocycles. The van der Waals surface area contributed by atoms with Gasteiger partial charge in [0, 0.05) is 24.8 Å². The minimum atomic E-state index is -4.94. The van der Waals surface area contributed by atoms with E-state index >= 15 is 0 Å². The summed E-state index contributed by atoms with van der Waals surface area (Å²) < 4.78 is 47.9. The zero-order valence-electron chi connectivity index (χ0n) is 18.7. The number of alkyl halides is 3. The predicted octanol–water partition coefficient (Wildman–Crippen LogP) is 2.40. The minimum Gasteiger partial charge on any atom is -0.404 e. The first-order valence-electron chi connectivity index (χ1n) is 11.1. The molecular formula is C23H26F3N5O4. The van der Waals surface area contributed by atoms with Crippen molar-refractivity contribution in [1.82, 2.24) is 15.8 Å². The van der Waals surface area contributed by atoms with Crippen LogP contribution in [-0.2, 0) is 14.3 Å². The number of anilines is 2. The molecule has 2 aliphatic rings. The summed E-state index contributed by atoms with van der Waals surface area (Å²) in [5, 5.41) is 5.15. The molecule has 0 bridgehead atoms. The summed E-state index contributed by atoms with van der Waals surface area (Å²) in [5.74, 6) is -1.45. The van der Waals surface area contributed by atoms with Gasteiger partial charge in [-0.1, -0.05) is 30.3 Å². The molecule has 2 saturated heterocycles. The van der Waals surface area contributed by atoms with E-state index in [1.165, 1.54) is 12.1 Å². The molecule has 9 nitrogen and oxygen atoms in total. The Balaban J connectivity index is 1.42. The van der Waals surface area contributed by atoms with Crippen LogP contribution in [0.4, 0.5) is 24.5 Å². The van der Waals surface area contributed by atoms with Crippen LogP contribution in [0.25, 0.3) is 0 Å². The Labute approximate surface area is 199 Å². The number of carbonyl (C=O) groups is 2. The van der Waals surface area contributed by atoms with Gasteiger partial charge in [-0.05, 0) is 30.2 Å². The number of morpholine rings is 1. The van der Waals surface area contributed by atoms with Crippen LogP contribution in [0.5, 0.6) is 5.75 Å². The minimum absolute atomic E-state index is 0.00998. The normalized spacial score (nSPS) is 20.9. The van der Waals surface area contributed by atoms with Gasteiger partial charge in [-0.25, -0.2) is 10.9 Å².